The van der Waals surface area contributed by atoms with E-state index in [0.29, 0.717) is 45.9 Å². The second kappa shape index (κ2) is 18.5. The highest BCUT2D eigenvalue weighted by Crippen LogP contribution is 2.40. The van der Waals surface area contributed by atoms with Crippen molar-refractivity contribution in [2.24, 2.45) is 10.9 Å². The van der Waals surface area contributed by atoms with E-state index in [4.69, 9.17) is 16.6 Å². The molecular formula is C48H54ClN11O4S. The lowest BCUT2D eigenvalue weighted by Crippen LogP contribution is -2.48. The summed E-state index contributed by atoms with van der Waals surface area (Å²) >= 11 is 8.01. The van der Waals surface area contributed by atoms with E-state index >= 15 is 0 Å². The first-order valence-corrected chi connectivity index (χ1v) is 23.5. The largest absolute Gasteiger partial charge is 0.508 e. The number of benzene rings is 3. The van der Waals surface area contributed by atoms with Gasteiger partial charge in [-0.1, -0.05) is 35.9 Å². The second-order valence-corrected chi connectivity index (χ2v) is 19.0. The van der Waals surface area contributed by atoms with Crippen LogP contribution in [0.3, 0.4) is 0 Å². The third-order valence-corrected chi connectivity index (χ3v) is 14.5. The van der Waals surface area contributed by atoms with E-state index in [-0.39, 0.29) is 35.6 Å². The molecule has 0 bridgehead atoms. The van der Waals surface area contributed by atoms with Crippen LogP contribution in [0.2, 0.25) is 5.02 Å². The smallest absolute Gasteiger partial charge is 0.289 e. The Morgan fingerprint density at radius 3 is 2.25 bits per heavy atom. The number of hydrogen-bond acceptors (Lipinski definition) is 12. The van der Waals surface area contributed by atoms with Gasteiger partial charge in [0.25, 0.3) is 5.91 Å². The van der Waals surface area contributed by atoms with Crippen molar-refractivity contribution < 1.29 is 19.8 Å². The van der Waals surface area contributed by atoms with E-state index in [9.17, 15) is 19.8 Å². The molecule has 2 saturated heterocycles. The van der Waals surface area contributed by atoms with Crippen molar-refractivity contribution >= 4 is 40.5 Å². The minimum atomic E-state index is -0.481. The van der Waals surface area contributed by atoms with E-state index in [1.165, 1.54) is 16.5 Å². The Kier molecular flexibility index (Phi) is 12.6. The number of nitrogens with one attached hydrogen (secondary N) is 1. The number of aromatic hydroxyl groups is 2. The van der Waals surface area contributed by atoms with E-state index in [2.05, 4.69) is 66.1 Å². The van der Waals surface area contributed by atoms with Gasteiger partial charge in [0.1, 0.15) is 28.4 Å². The van der Waals surface area contributed by atoms with E-state index in [0.717, 1.165) is 98.4 Å². The number of phenols is 2. The highest BCUT2D eigenvalue weighted by molar-refractivity contribution is 7.15. The number of halogens is 1. The second-order valence-electron chi connectivity index (χ2n) is 17.4. The predicted octanol–water partition coefficient (Wildman–Crippen LogP) is 6.96. The lowest BCUT2D eigenvalue weighted by atomic mass is 9.95. The van der Waals surface area contributed by atoms with E-state index in [1.54, 1.807) is 28.9 Å². The lowest BCUT2D eigenvalue weighted by Gasteiger charge is -2.39. The predicted molar refractivity (Wildman–Crippen MR) is 252 cm³/mol. The van der Waals surface area contributed by atoms with Crippen LogP contribution in [0.5, 0.6) is 11.5 Å². The number of thiophene rings is 1. The Balaban J connectivity index is 0.799. The number of piperidine rings is 1. The van der Waals surface area contributed by atoms with Gasteiger partial charge in [-0.2, -0.15) is 0 Å². The fraction of sp³-hybridized carbons (Fsp3) is 0.396. The number of hydrogen-bond donors (Lipinski definition) is 3. The molecule has 0 spiro atoms. The molecule has 2 amide bonds. The van der Waals surface area contributed by atoms with Gasteiger partial charge in [0, 0.05) is 91.7 Å². The molecule has 3 aromatic heterocycles. The van der Waals surface area contributed by atoms with E-state index < -0.39 is 6.04 Å². The number of nitrogens with zero attached hydrogens (tertiary/aromatic N) is 10. The summed E-state index contributed by atoms with van der Waals surface area (Å²) in [6.45, 7) is 17.3. The fourth-order valence-electron chi connectivity index (χ4n) is 9.25. The molecule has 1 atom stereocenters. The third-order valence-electron chi connectivity index (χ3n) is 13.0. The first-order valence-electron chi connectivity index (χ1n) is 22.3. The maximum Gasteiger partial charge on any atom is 0.289 e. The number of likely N-dealkylation sites (tertiary alicyclic amines) is 1. The van der Waals surface area contributed by atoms with Crippen LogP contribution < -0.4 is 5.32 Å². The number of rotatable bonds is 11. The Morgan fingerprint density at radius 1 is 0.831 bits per heavy atom. The van der Waals surface area contributed by atoms with Crippen molar-refractivity contribution in [1.29, 1.82) is 0 Å². The molecule has 17 heteroatoms. The van der Waals surface area contributed by atoms with Crippen LogP contribution in [0, 0.1) is 33.6 Å². The highest BCUT2D eigenvalue weighted by Gasteiger charge is 2.35. The zero-order valence-corrected chi connectivity index (χ0v) is 39.0. The van der Waals surface area contributed by atoms with Gasteiger partial charge in [-0.05, 0) is 100 Å². The van der Waals surface area contributed by atoms with Gasteiger partial charge in [0.05, 0.1) is 17.7 Å². The molecule has 6 heterocycles. The summed E-state index contributed by atoms with van der Waals surface area (Å²) in [5.74, 6) is 1.93. The molecule has 65 heavy (non-hydrogen) atoms. The first-order chi connectivity index (χ1) is 31.4. The van der Waals surface area contributed by atoms with Gasteiger partial charge in [-0.3, -0.25) is 28.6 Å². The molecule has 3 aliphatic heterocycles. The molecular weight excluding hydrogens is 862 g/mol. The van der Waals surface area contributed by atoms with Crippen LogP contribution in [0.1, 0.15) is 87.2 Å². The van der Waals surface area contributed by atoms with Crippen molar-refractivity contribution in [3.8, 4) is 33.6 Å². The first kappa shape index (κ1) is 44.3. The van der Waals surface area contributed by atoms with Crippen molar-refractivity contribution in [2.75, 3.05) is 52.4 Å². The van der Waals surface area contributed by atoms with E-state index in [1.807, 2.05) is 55.1 Å². The molecule has 6 aromatic rings. The van der Waals surface area contributed by atoms with Gasteiger partial charge in [-0.15, -0.1) is 31.7 Å². The van der Waals surface area contributed by atoms with Crippen molar-refractivity contribution in [3.63, 3.8) is 0 Å². The number of amides is 2. The maximum atomic E-state index is 14.1. The summed E-state index contributed by atoms with van der Waals surface area (Å²) in [4.78, 5) is 40.7. The molecule has 3 aromatic carbocycles. The summed E-state index contributed by atoms with van der Waals surface area (Å²) < 4.78 is 3.74. The van der Waals surface area contributed by atoms with Crippen molar-refractivity contribution in [2.45, 2.75) is 66.5 Å². The Morgan fingerprint density at radius 2 is 1.54 bits per heavy atom. The molecule has 0 unspecified atom stereocenters. The number of aliphatic imine (C=N–C) groups is 1. The van der Waals surface area contributed by atoms with Gasteiger partial charge < -0.3 is 25.3 Å². The number of aromatic nitrogens is 6. The Bertz CT molecular complexity index is 2760. The highest BCUT2D eigenvalue weighted by atomic mass is 35.5. The summed E-state index contributed by atoms with van der Waals surface area (Å²) in [5, 5.41) is 42.9. The molecule has 0 saturated carbocycles. The average molecular weight is 917 g/mol. The fourth-order valence-corrected chi connectivity index (χ4v) is 10.6. The summed E-state index contributed by atoms with van der Waals surface area (Å²) in [5.41, 5.74) is 6.78. The number of piperazine rings is 1. The maximum absolute atomic E-state index is 14.1. The molecule has 3 aliphatic rings. The molecule has 0 aliphatic carbocycles. The minimum absolute atomic E-state index is 0.0331. The zero-order valence-electron chi connectivity index (χ0n) is 37.4. The molecule has 15 nitrogen and oxygen atoms in total. The number of carbonyl (C=O) groups is 2. The van der Waals surface area contributed by atoms with Crippen LogP contribution in [0.4, 0.5) is 0 Å². The lowest BCUT2D eigenvalue weighted by molar-refractivity contribution is -0.133. The van der Waals surface area contributed by atoms with Gasteiger partial charge in [-0.25, -0.2) is 0 Å². The standard InChI is InChI=1S/C48H54ClN11O4S/c1-6-50-47(64)46-55-53-44(37-23-28(2)39(61)25-40(37)62)60(46)36-13-7-32(8-14-36)26-56-19-21-57(22-20-56)27-33-15-17-58(18-16-33)41(63)24-38-45-54-52-31(5)59(45)48-42(29(3)30(4)65-48)43(51-38)34-9-11-35(49)12-10-34/h7-14,23,25,33,38,61-62H,6,15-22,24,26-27H2,1-5H3,(H,50,64)/t38-/m0/s1. The quantitative estimate of drug-likeness (QED) is 0.124. The summed E-state index contributed by atoms with van der Waals surface area (Å²) in [6, 6.07) is 18.2. The van der Waals surface area contributed by atoms with Crippen LogP contribution in [0.15, 0.2) is 65.7 Å². The van der Waals surface area contributed by atoms with Crippen molar-refractivity contribution in [3.05, 3.63) is 116 Å². The SMILES string of the molecule is CCNC(=O)c1nnc(-c2cc(C)c(O)cc2O)n1-c1ccc(CN2CCN(CC3CCN(C(=O)C[C@@H]4N=C(c5ccc(Cl)cc5)c5c(sc(C)c5C)-n5c(C)nnc54)CC3)CC2)cc1. The Labute approximate surface area is 387 Å². The Hall–Kier alpha value is -5.94. The van der Waals surface area contributed by atoms with Crippen LogP contribution in [0.25, 0.3) is 22.1 Å². The number of fused-ring (bicyclic) bond motifs is 3. The number of aryl methyl sites for hydroxylation is 3. The third kappa shape index (κ3) is 8.92. The topological polar surface area (TPSA) is 170 Å². The zero-order chi connectivity index (χ0) is 45.5. The molecule has 9 rings (SSSR count). The van der Waals surface area contributed by atoms with Crippen LogP contribution in [-0.4, -0.2) is 124 Å². The molecule has 2 fully saturated rings. The van der Waals surface area contributed by atoms with Gasteiger partial charge in [0.2, 0.25) is 11.7 Å². The summed E-state index contributed by atoms with van der Waals surface area (Å²) in [6.07, 6.45) is 2.16. The van der Waals surface area contributed by atoms with Crippen LogP contribution in [-0.2, 0) is 11.3 Å². The average Bonchev–Trinajstić information content (AvgIpc) is 3.97. The molecule has 0 radical (unpaired) electrons. The summed E-state index contributed by atoms with van der Waals surface area (Å²) in [7, 11) is 0. The molecule has 3 N–H and O–H groups in total. The molecule has 338 valence electrons. The monoisotopic (exact) mass is 915 g/mol. The van der Waals surface area contributed by atoms with Crippen LogP contribution >= 0.6 is 22.9 Å². The number of carbonyl (C=O) groups excluding carboxylic acids is 2. The normalized spacial score (nSPS) is 17.1. The minimum Gasteiger partial charge on any atom is -0.508 e. The van der Waals surface area contributed by atoms with Gasteiger partial charge in [0.15, 0.2) is 11.6 Å². The van der Waals surface area contributed by atoms with Crippen molar-refractivity contribution in [1.82, 2.24) is 49.5 Å². The number of phenolic OH excluding ortho intramolecular Hbond substituents is 2. The van der Waals surface area contributed by atoms with Gasteiger partial charge >= 0.3 is 0 Å².